The fourth-order valence-electron chi connectivity index (χ4n) is 2.19. The van der Waals surface area contributed by atoms with Crippen LogP contribution in [0.4, 0.5) is 0 Å². The lowest BCUT2D eigenvalue weighted by atomic mass is 9.93. The number of nitrogens with one attached hydrogen (secondary N) is 2. The Kier molecular flexibility index (Phi) is 1.68. The summed E-state index contributed by atoms with van der Waals surface area (Å²) in [6.45, 7) is 2.01. The summed E-state index contributed by atoms with van der Waals surface area (Å²) in [5.74, 6) is 0. The Morgan fingerprint density at radius 1 is 1.29 bits per heavy atom. The van der Waals surface area contributed by atoms with E-state index in [1.807, 2.05) is 12.1 Å². The standard InChI is InChI=1S/C11H11BN2/c12-9-3-1-2-7-8-6-13-5-4-10(8)14-11(7)9/h1-3,13-14H,4-6H2. The predicted octanol–water partition coefficient (Wildman–Crippen LogP) is 0.607. The second-order valence-corrected chi connectivity index (χ2v) is 3.78. The van der Waals surface area contributed by atoms with Gasteiger partial charge in [-0.05, 0) is 5.56 Å². The fraction of sp³-hybridized carbons (Fsp3) is 0.273. The number of benzene rings is 1. The van der Waals surface area contributed by atoms with Crippen molar-refractivity contribution in [2.75, 3.05) is 6.54 Å². The summed E-state index contributed by atoms with van der Waals surface area (Å²) in [5.41, 5.74) is 4.67. The maximum atomic E-state index is 5.92. The van der Waals surface area contributed by atoms with Crippen LogP contribution in [0, 0.1) is 0 Å². The van der Waals surface area contributed by atoms with Gasteiger partial charge in [0.25, 0.3) is 0 Å². The zero-order valence-electron chi connectivity index (χ0n) is 7.93. The average Bonchev–Trinajstić information content (AvgIpc) is 2.59. The van der Waals surface area contributed by atoms with Gasteiger partial charge in [-0.3, -0.25) is 0 Å². The monoisotopic (exact) mass is 182 g/mol. The quantitative estimate of drug-likeness (QED) is 0.574. The highest BCUT2D eigenvalue weighted by Gasteiger charge is 2.14. The number of hydrogen-bond acceptors (Lipinski definition) is 1. The number of fused-ring (bicyclic) bond motifs is 3. The maximum Gasteiger partial charge on any atom is 0.116 e. The van der Waals surface area contributed by atoms with E-state index in [1.54, 1.807) is 0 Å². The molecule has 2 radical (unpaired) electrons. The number of aromatic amines is 1. The minimum Gasteiger partial charge on any atom is -0.359 e. The Bertz CT molecular complexity index is 487. The second kappa shape index (κ2) is 2.89. The highest BCUT2D eigenvalue weighted by atomic mass is 14.9. The molecule has 0 saturated heterocycles. The third-order valence-electron chi connectivity index (χ3n) is 2.92. The molecule has 0 bridgehead atoms. The van der Waals surface area contributed by atoms with Crippen molar-refractivity contribution in [3.05, 3.63) is 29.5 Å². The summed E-state index contributed by atoms with van der Waals surface area (Å²) < 4.78 is 0. The van der Waals surface area contributed by atoms with E-state index in [1.165, 1.54) is 16.6 Å². The molecule has 1 aliphatic rings. The van der Waals surface area contributed by atoms with Gasteiger partial charge in [-0.1, -0.05) is 23.7 Å². The number of hydrogen-bond donors (Lipinski definition) is 2. The van der Waals surface area contributed by atoms with E-state index in [9.17, 15) is 0 Å². The first-order valence-electron chi connectivity index (χ1n) is 4.95. The van der Waals surface area contributed by atoms with Gasteiger partial charge < -0.3 is 10.3 Å². The summed E-state index contributed by atoms with van der Waals surface area (Å²) in [4.78, 5) is 3.42. The molecule has 0 atom stereocenters. The first-order valence-corrected chi connectivity index (χ1v) is 4.95. The van der Waals surface area contributed by atoms with E-state index in [4.69, 9.17) is 7.85 Å². The first-order chi connectivity index (χ1) is 6.86. The normalized spacial score (nSPS) is 15.7. The summed E-state index contributed by atoms with van der Waals surface area (Å²) in [7, 11) is 5.92. The van der Waals surface area contributed by atoms with Crippen LogP contribution in [0.25, 0.3) is 10.9 Å². The molecule has 0 saturated carbocycles. The molecule has 0 fully saturated rings. The molecule has 2 nitrogen and oxygen atoms in total. The molecule has 0 spiro atoms. The lowest BCUT2D eigenvalue weighted by molar-refractivity contribution is 0.641. The number of rotatable bonds is 0. The third kappa shape index (κ3) is 1.02. The molecule has 14 heavy (non-hydrogen) atoms. The minimum atomic E-state index is 0.844. The lowest BCUT2D eigenvalue weighted by Gasteiger charge is -2.12. The van der Waals surface area contributed by atoms with Crippen molar-refractivity contribution in [2.45, 2.75) is 13.0 Å². The Morgan fingerprint density at radius 3 is 3.14 bits per heavy atom. The van der Waals surface area contributed by atoms with E-state index in [-0.39, 0.29) is 0 Å². The molecule has 2 N–H and O–H groups in total. The lowest BCUT2D eigenvalue weighted by Crippen LogP contribution is -2.22. The zero-order chi connectivity index (χ0) is 9.54. The summed E-state index contributed by atoms with van der Waals surface area (Å²) >= 11 is 0. The van der Waals surface area contributed by atoms with Gasteiger partial charge in [-0.15, -0.1) is 0 Å². The molecule has 1 aliphatic heterocycles. The van der Waals surface area contributed by atoms with Gasteiger partial charge in [-0.2, -0.15) is 0 Å². The molecular formula is C11H11BN2. The van der Waals surface area contributed by atoms with Crippen molar-refractivity contribution >= 4 is 24.2 Å². The molecule has 0 unspecified atom stereocenters. The van der Waals surface area contributed by atoms with E-state index >= 15 is 0 Å². The van der Waals surface area contributed by atoms with Gasteiger partial charge in [0.15, 0.2) is 0 Å². The number of H-pyrrole nitrogens is 1. The van der Waals surface area contributed by atoms with Crippen LogP contribution in [0.3, 0.4) is 0 Å². The Labute approximate surface area is 84.1 Å². The van der Waals surface area contributed by atoms with Crippen molar-refractivity contribution in [3.63, 3.8) is 0 Å². The smallest absolute Gasteiger partial charge is 0.116 e. The first kappa shape index (κ1) is 8.12. The van der Waals surface area contributed by atoms with E-state index < -0.39 is 0 Å². The van der Waals surface area contributed by atoms with Crippen LogP contribution in [0.2, 0.25) is 0 Å². The second-order valence-electron chi connectivity index (χ2n) is 3.78. The molecule has 68 valence electrons. The van der Waals surface area contributed by atoms with Gasteiger partial charge in [-0.25, -0.2) is 0 Å². The highest BCUT2D eigenvalue weighted by molar-refractivity contribution is 6.38. The highest BCUT2D eigenvalue weighted by Crippen LogP contribution is 2.23. The van der Waals surface area contributed by atoms with Gasteiger partial charge >= 0.3 is 0 Å². The van der Waals surface area contributed by atoms with E-state index in [2.05, 4.69) is 16.4 Å². The zero-order valence-corrected chi connectivity index (χ0v) is 7.93. The Balaban J connectivity index is 2.36. The van der Waals surface area contributed by atoms with Crippen molar-refractivity contribution in [1.29, 1.82) is 0 Å². The van der Waals surface area contributed by atoms with Gasteiger partial charge in [0.2, 0.25) is 0 Å². The van der Waals surface area contributed by atoms with Crippen molar-refractivity contribution in [2.24, 2.45) is 0 Å². The summed E-state index contributed by atoms with van der Waals surface area (Å²) in [6, 6.07) is 6.09. The molecule has 3 rings (SSSR count). The van der Waals surface area contributed by atoms with E-state index in [0.29, 0.717) is 0 Å². The van der Waals surface area contributed by atoms with Crippen molar-refractivity contribution in [3.8, 4) is 0 Å². The Morgan fingerprint density at radius 2 is 2.21 bits per heavy atom. The molecule has 1 aromatic carbocycles. The van der Waals surface area contributed by atoms with Crippen LogP contribution in [0.15, 0.2) is 18.2 Å². The molecule has 2 heterocycles. The Hall–Kier alpha value is -1.22. The largest absolute Gasteiger partial charge is 0.359 e. The van der Waals surface area contributed by atoms with E-state index in [0.717, 1.165) is 30.5 Å². The van der Waals surface area contributed by atoms with Gasteiger partial charge in [0, 0.05) is 36.1 Å². The summed E-state index contributed by atoms with van der Waals surface area (Å²) in [6.07, 6.45) is 1.07. The van der Waals surface area contributed by atoms with Crippen LogP contribution in [0.1, 0.15) is 11.3 Å². The fourth-order valence-corrected chi connectivity index (χ4v) is 2.19. The van der Waals surface area contributed by atoms with Crippen LogP contribution in [-0.2, 0) is 13.0 Å². The molecule has 2 aromatic rings. The van der Waals surface area contributed by atoms with Crippen molar-refractivity contribution in [1.82, 2.24) is 10.3 Å². The maximum absolute atomic E-state index is 5.92. The molecule has 0 amide bonds. The molecule has 1 aromatic heterocycles. The van der Waals surface area contributed by atoms with Crippen LogP contribution in [-0.4, -0.2) is 19.4 Å². The van der Waals surface area contributed by atoms with Crippen LogP contribution >= 0.6 is 0 Å². The van der Waals surface area contributed by atoms with Crippen molar-refractivity contribution < 1.29 is 0 Å². The van der Waals surface area contributed by atoms with Gasteiger partial charge in [0.05, 0.1) is 0 Å². The third-order valence-corrected chi connectivity index (χ3v) is 2.92. The number of para-hydroxylation sites is 1. The summed E-state index contributed by atoms with van der Waals surface area (Å²) in [5, 5.41) is 4.65. The molecule has 3 heteroatoms. The van der Waals surface area contributed by atoms with Crippen LogP contribution in [0.5, 0.6) is 0 Å². The molecule has 0 aliphatic carbocycles. The topological polar surface area (TPSA) is 27.8 Å². The SMILES string of the molecule is [B]c1cccc2c3c([nH]c12)CCNC3. The van der Waals surface area contributed by atoms with Gasteiger partial charge in [0.1, 0.15) is 7.85 Å². The van der Waals surface area contributed by atoms with Crippen LogP contribution < -0.4 is 10.8 Å². The minimum absolute atomic E-state index is 0.844. The molecular weight excluding hydrogens is 171 g/mol. The average molecular weight is 182 g/mol. The number of aromatic nitrogens is 1. The predicted molar refractivity (Wildman–Crippen MR) is 59.1 cm³/mol.